The average molecular weight is 271 g/mol. The highest BCUT2D eigenvalue weighted by atomic mass is 16.5. The van der Waals surface area contributed by atoms with E-state index in [1.807, 2.05) is 26.0 Å². The van der Waals surface area contributed by atoms with Gasteiger partial charge in [-0.2, -0.15) is 0 Å². The van der Waals surface area contributed by atoms with E-state index in [1.165, 1.54) is 11.1 Å². The van der Waals surface area contributed by atoms with Crippen molar-refractivity contribution in [3.05, 3.63) is 46.6 Å². The van der Waals surface area contributed by atoms with Gasteiger partial charge in [0.2, 0.25) is 11.8 Å². The molecule has 104 valence electrons. The molecule has 0 unspecified atom stereocenters. The number of benzene rings is 1. The normalized spacial score (nSPS) is 17.6. The van der Waals surface area contributed by atoms with Gasteiger partial charge in [0.05, 0.1) is 11.7 Å². The number of nitrogens with zero attached hydrogens (tertiary/aromatic N) is 1. The Morgan fingerprint density at radius 1 is 1.35 bits per heavy atom. The topological polar surface area (TPSA) is 67.2 Å². The van der Waals surface area contributed by atoms with E-state index < -0.39 is 0 Å². The SMILES string of the molecule is Cc1noc(NC(=O)[C@@H]2Cc3ccccc3CN2)c1C. The van der Waals surface area contributed by atoms with Crippen molar-refractivity contribution in [1.29, 1.82) is 0 Å². The van der Waals surface area contributed by atoms with E-state index in [0.717, 1.165) is 11.3 Å². The molecular formula is C15H17N3O2. The van der Waals surface area contributed by atoms with Crippen LogP contribution in [0.1, 0.15) is 22.4 Å². The van der Waals surface area contributed by atoms with Crippen LogP contribution < -0.4 is 10.6 Å². The molecule has 1 aromatic heterocycles. The number of carbonyl (C=O) groups is 1. The van der Waals surface area contributed by atoms with Crippen molar-refractivity contribution in [2.75, 3.05) is 5.32 Å². The van der Waals surface area contributed by atoms with E-state index in [4.69, 9.17) is 4.52 Å². The fraction of sp³-hybridized carbons (Fsp3) is 0.333. The fourth-order valence-electron chi connectivity index (χ4n) is 2.37. The van der Waals surface area contributed by atoms with Crippen LogP contribution in [0.25, 0.3) is 0 Å². The number of fused-ring (bicyclic) bond motifs is 1. The molecule has 20 heavy (non-hydrogen) atoms. The summed E-state index contributed by atoms with van der Waals surface area (Å²) in [5.74, 6) is 0.354. The third kappa shape index (κ3) is 2.32. The van der Waals surface area contributed by atoms with E-state index in [2.05, 4.69) is 27.9 Å². The molecule has 5 nitrogen and oxygen atoms in total. The van der Waals surface area contributed by atoms with Crippen molar-refractivity contribution >= 4 is 11.8 Å². The lowest BCUT2D eigenvalue weighted by atomic mass is 9.95. The lowest BCUT2D eigenvalue weighted by Crippen LogP contribution is -2.44. The zero-order chi connectivity index (χ0) is 14.1. The van der Waals surface area contributed by atoms with E-state index >= 15 is 0 Å². The maximum Gasteiger partial charge on any atom is 0.244 e. The minimum atomic E-state index is -0.241. The second-order valence-corrected chi connectivity index (χ2v) is 5.12. The van der Waals surface area contributed by atoms with Crippen LogP contribution in [0.4, 0.5) is 5.88 Å². The number of amides is 1. The number of hydrogen-bond donors (Lipinski definition) is 2. The first-order chi connectivity index (χ1) is 9.65. The molecule has 2 N–H and O–H groups in total. The third-order valence-corrected chi connectivity index (χ3v) is 3.79. The number of aromatic nitrogens is 1. The molecule has 0 saturated carbocycles. The zero-order valence-corrected chi connectivity index (χ0v) is 11.6. The summed E-state index contributed by atoms with van der Waals surface area (Å²) in [5.41, 5.74) is 4.14. The smallest absolute Gasteiger partial charge is 0.244 e. The zero-order valence-electron chi connectivity index (χ0n) is 11.6. The Hall–Kier alpha value is -2.14. The molecular weight excluding hydrogens is 254 g/mol. The van der Waals surface area contributed by atoms with Crippen molar-refractivity contribution in [1.82, 2.24) is 10.5 Å². The number of rotatable bonds is 2. The standard InChI is InChI=1S/C15H17N3O2/c1-9-10(2)18-20-15(9)17-14(19)13-7-11-5-3-4-6-12(11)8-16-13/h3-6,13,16H,7-8H2,1-2H3,(H,17,19)/t13-/m0/s1. The lowest BCUT2D eigenvalue weighted by Gasteiger charge is -2.24. The maximum atomic E-state index is 12.3. The predicted molar refractivity (Wildman–Crippen MR) is 75.4 cm³/mol. The molecule has 0 fully saturated rings. The Balaban J connectivity index is 1.72. The number of hydrogen-bond acceptors (Lipinski definition) is 4. The van der Waals surface area contributed by atoms with Crippen LogP contribution in [-0.2, 0) is 17.8 Å². The van der Waals surface area contributed by atoms with Crippen molar-refractivity contribution in [2.24, 2.45) is 0 Å². The molecule has 5 heteroatoms. The van der Waals surface area contributed by atoms with Gasteiger partial charge in [-0.25, -0.2) is 0 Å². The van der Waals surface area contributed by atoms with E-state index in [1.54, 1.807) is 0 Å². The van der Waals surface area contributed by atoms with Crippen LogP contribution in [0.15, 0.2) is 28.8 Å². The largest absolute Gasteiger partial charge is 0.338 e. The van der Waals surface area contributed by atoms with Crippen molar-refractivity contribution < 1.29 is 9.32 Å². The third-order valence-electron chi connectivity index (χ3n) is 3.79. The van der Waals surface area contributed by atoms with Crippen LogP contribution in [-0.4, -0.2) is 17.1 Å². The van der Waals surface area contributed by atoms with Gasteiger partial charge in [-0.3, -0.25) is 10.1 Å². The van der Waals surface area contributed by atoms with Crippen LogP contribution in [0.5, 0.6) is 0 Å². The van der Waals surface area contributed by atoms with Gasteiger partial charge in [-0.15, -0.1) is 0 Å². The van der Waals surface area contributed by atoms with Crippen LogP contribution in [0.2, 0.25) is 0 Å². The Morgan fingerprint density at radius 3 is 2.80 bits per heavy atom. The Bertz CT molecular complexity index is 648. The Morgan fingerprint density at radius 2 is 2.10 bits per heavy atom. The van der Waals surface area contributed by atoms with Crippen LogP contribution >= 0.6 is 0 Å². The summed E-state index contributed by atoms with van der Waals surface area (Å²) in [4.78, 5) is 12.3. The molecule has 0 bridgehead atoms. The Labute approximate surface area is 117 Å². The number of nitrogens with one attached hydrogen (secondary N) is 2. The molecule has 2 aromatic rings. The highest BCUT2D eigenvalue weighted by Gasteiger charge is 2.25. The molecule has 1 amide bonds. The van der Waals surface area contributed by atoms with Gasteiger partial charge in [0, 0.05) is 12.1 Å². The van der Waals surface area contributed by atoms with Gasteiger partial charge in [0.25, 0.3) is 0 Å². The van der Waals surface area contributed by atoms with Gasteiger partial charge in [0.15, 0.2) is 0 Å². The highest BCUT2D eigenvalue weighted by molar-refractivity contribution is 5.94. The summed E-state index contributed by atoms with van der Waals surface area (Å²) < 4.78 is 5.12. The summed E-state index contributed by atoms with van der Waals surface area (Å²) in [7, 11) is 0. The molecule has 1 aromatic carbocycles. The van der Waals surface area contributed by atoms with Crippen molar-refractivity contribution in [3.8, 4) is 0 Å². The summed E-state index contributed by atoms with van der Waals surface area (Å²) in [5, 5.41) is 9.89. The summed E-state index contributed by atoms with van der Waals surface area (Å²) in [6.45, 7) is 4.44. The number of carbonyl (C=O) groups excluding carboxylic acids is 1. The second-order valence-electron chi connectivity index (χ2n) is 5.12. The molecule has 0 radical (unpaired) electrons. The van der Waals surface area contributed by atoms with Gasteiger partial charge >= 0.3 is 0 Å². The number of aryl methyl sites for hydroxylation is 1. The molecule has 1 aliphatic heterocycles. The first-order valence-corrected chi connectivity index (χ1v) is 6.69. The lowest BCUT2D eigenvalue weighted by molar-refractivity contribution is -0.118. The molecule has 0 spiro atoms. The molecule has 1 aliphatic rings. The predicted octanol–water partition coefficient (Wildman–Crippen LogP) is 1.94. The first kappa shape index (κ1) is 12.9. The van der Waals surface area contributed by atoms with Crippen molar-refractivity contribution in [3.63, 3.8) is 0 Å². The minimum Gasteiger partial charge on any atom is -0.338 e. The fourth-order valence-corrected chi connectivity index (χ4v) is 2.37. The van der Waals surface area contributed by atoms with Gasteiger partial charge in [0.1, 0.15) is 0 Å². The monoisotopic (exact) mass is 271 g/mol. The minimum absolute atomic E-state index is 0.0845. The summed E-state index contributed by atoms with van der Waals surface area (Å²) in [6, 6.07) is 7.93. The van der Waals surface area contributed by atoms with Crippen LogP contribution in [0, 0.1) is 13.8 Å². The summed E-state index contributed by atoms with van der Waals surface area (Å²) >= 11 is 0. The van der Waals surface area contributed by atoms with E-state index in [9.17, 15) is 4.79 Å². The molecule has 2 heterocycles. The average Bonchev–Trinajstić information content (AvgIpc) is 2.78. The van der Waals surface area contributed by atoms with Crippen LogP contribution in [0.3, 0.4) is 0 Å². The second kappa shape index (κ2) is 5.09. The van der Waals surface area contributed by atoms with Gasteiger partial charge in [-0.05, 0) is 31.4 Å². The summed E-state index contributed by atoms with van der Waals surface area (Å²) in [6.07, 6.45) is 0.689. The molecule has 3 rings (SSSR count). The van der Waals surface area contributed by atoms with Gasteiger partial charge < -0.3 is 9.84 Å². The molecule has 0 saturated heterocycles. The van der Waals surface area contributed by atoms with E-state index in [-0.39, 0.29) is 11.9 Å². The highest BCUT2D eigenvalue weighted by Crippen LogP contribution is 2.20. The number of anilines is 1. The molecule has 0 aliphatic carbocycles. The first-order valence-electron chi connectivity index (χ1n) is 6.69. The molecule has 1 atom stereocenters. The Kier molecular flexibility index (Phi) is 3.28. The maximum absolute atomic E-state index is 12.3. The van der Waals surface area contributed by atoms with Crippen molar-refractivity contribution in [2.45, 2.75) is 32.9 Å². The van der Waals surface area contributed by atoms with E-state index in [0.29, 0.717) is 18.8 Å². The van der Waals surface area contributed by atoms with Gasteiger partial charge in [-0.1, -0.05) is 29.4 Å². The quantitative estimate of drug-likeness (QED) is 0.876.